The minimum Gasteiger partial charge on any atom is -0.479 e. The maximum Gasteiger partial charge on any atom is 0.360 e. The average molecular weight is 232 g/mol. The first kappa shape index (κ1) is 11.3. The average Bonchev–Trinajstić information content (AvgIpc) is 2.29. The predicted molar refractivity (Wildman–Crippen MR) is 62.5 cm³/mol. The number of carboxylic acids is 1. The number of benzene rings is 1. The topological polar surface area (TPSA) is 72.3 Å². The Labute approximate surface area is 98.1 Å². The fourth-order valence-corrected chi connectivity index (χ4v) is 1.58. The van der Waals surface area contributed by atoms with Gasteiger partial charge in [0.2, 0.25) is 11.6 Å². The molecule has 0 aliphatic carbocycles. The summed E-state index contributed by atoms with van der Waals surface area (Å²) in [6.45, 7) is 3.91. The van der Waals surface area contributed by atoms with Crippen molar-refractivity contribution in [3.8, 4) is 5.88 Å². The highest BCUT2D eigenvalue weighted by molar-refractivity contribution is 5.91. The molecule has 0 saturated heterocycles. The Hall–Kier alpha value is -2.17. The van der Waals surface area contributed by atoms with Gasteiger partial charge in [0.15, 0.2) is 0 Å². The Bertz CT molecular complexity index is 608. The van der Waals surface area contributed by atoms with Gasteiger partial charge in [0, 0.05) is 0 Å². The fourth-order valence-electron chi connectivity index (χ4n) is 1.58. The monoisotopic (exact) mass is 232 g/mol. The molecule has 17 heavy (non-hydrogen) atoms. The lowest BCUT2D eigenvalue weighted by atomic mass is 10.1. The highest BCUT2D eigenvalue weighted by atomic mass is 16.5. The Morgan fingerprint density at radius 3 is 2.18 bits per heavy atom. The van der Waals surface area contributed by atoms with Gasteiger partial charge in [-0.15, -0.1) is 0 Å². The van der Waals surface area contributed by atoms with E-state index in [4.69, 9.17) is 9.84 Å². The van der Waals surface area contributed by atoms with Gasteiger partial charge in [0.25, 0.3) is 0 Å². The summed E-state index contributed by atoms with van der Waals surface area (Å²) in [4.78, 5) is 19.2. The number of methoxy groups -OCH3 is 1. The molecular weight excluding hydrogens is 220 g/mol. The molecule has 1 aromatic carbocycles. The number of carboxylic acid groups (broad SMARTS) is 1. The third kappa shape index (κ3) is 1.91. The number of nitrogens with zero attached hydrogens (tertiary/aromatic N) is 2. The van der Waals surface area contributed by atoms with Crippen LogP contribution in [-0.4, -0.2) is 28.2 Å². The number of aromatic nitrogens is 2. The predicted octanol–water partition coefficient (Wildman–Crippen LogP) is 1.95. The summed E-state index contributed by atoms with van der Waals surface area (Å²) in [7, 11) is 1.38. The highest BCUT2D eigenvalue weighted by Crippen LogP contribution is 2.21. The number of fused-ring (bicyclic) bond motifs is 1. The molecule has 0 fully saturated rings. The number of ether oxygens (including phenoxy) is 1. The molecule has 1 aromatic heterocycles. The van der Waals surface area contributed by atoms with Crippen molar-refractivity contribution in [3.63, 3.8) is 0 Å². The number of aryl methyl sites for hydroxylation is 2. The largest absolute Gasteiger partial charge is 0.479 e. The Morgan fingerprint density at radius 2 is 1.71 bits per heavy atom. The first-order valence-corrected chi connectivity index (χ1v) is 5.09. The van der Waals surface area contributed by atoms with E-state index in [-0.39, 0.29) is 11.6 Å². The maximum absolute atomic E-state index is 11.0. The van der Waals surface area contributed by atoms with Crippen LogP contribution in [0.3, 0.4) is 0 Å². The van der Waals surface area contributed by atoms with Crippen LogP contribution < -0.4 is 4.74 Å². The van der Waals surface area contributed by atoms with E-state index in [9.17, 15) is 4.79 Å². The first-order chi connectivity index (χ1) is 8.02. The smallest absolute Gasteiger partial charge is 0.360 e. The summed E-state index contributed by atoms with van der Waals surface area (Å²) in [5.41, 5.74) is 3.16. The second-order valence-electron chi connectivity index (χ2n) is 3.81. The summed E-state index contributed by atoms with van der Waals surface area (Å²) in [6.07, 6.45) is 0. The minimum absolute atomic E-state index is 0.0354. The van der Waals surface area contributed by atoms with Crippen LogP contribution in [0.5, 0.6) is 5.88 Å². The van der Waals surface area contributed by atoms with Crippen LogP contribution in [-0.2, 0) is 0 Å². The lowest BCUT2D eigenvalue weighted by Crippen LogP contribution is -2.06. The zero-order valence-electron chi connectivity index (χ0n) is 9.81. The number of hydrogen-bond acceptors (Lipinski definition) is 4. The molecule has 0 amide bonds. The summed E-state index contributed by atoms with van der Waals surface area (Å²) >= 11 is 0. The first-order valence-electron chi connectivity index (χ1n) is 5.09. The van der Waals surface area contributed by atoms with Gasteiger partial charge < -0.3 is 9.84 Å². The summed E-state index contributed by atoms with van der Waals surface area (Å²) < 4.78 is 4.93. The molecule has 1 N–H and O–H groups in total. The summed E-state index contributed by atoms with van der Waals surface area (Å²) in [5, 5.41) is 9.00. The van der Waals surface area contributed by atoms with E-state index in [0.717, 1.165) is 11.1 Å². The van der Waals surface area contributed by atoms with Gasteiger partial charge in [0.05, 0.1) is 18.1 Å². The normalized spacial score (nSPS) is 10.5. The van der Waals surface area contributed by atoms with Crippen molar-refractivity contribution in [3.05, 3.63) is 29.0 Å². The van der Waals surface area contributed by atoms with Crippen molar-refractivity contribution >= 4 is 17.0 Å². The molecule has 5 nitrogen and oxygen atoms in total. The number of rotatable bonds is 2. The van der Waals surface area contributed by atoms with E-state index in [1.807, 2.05) is 26.0 Å². The third-order valence-corrected chi connectivity index (χ3v) is 2.64. The highest BCUT2D eigenvalue weighted by Gasteiger charge is 2.16. The zero-order chi connectivity index (χ0) is 12.6. The molecule has 0 radical (unpaired) electrons. The van der Waals surface area contributed by atoms with Crippen molar-refractivity contribution in [1.29, 1.82) is 0 Å². The lowest BCUT2D eigenvalue weighted by molar-refractivity contribution is 0.0686. The van der Waals surface area contributed by atoms with Crippen LogP contribution in [0.15, 0.2) is 12.1 Å². The van der Waals surface area contributed by atoms with Gasteiger partial charge in [-0.25, -0.2) is 14.8 Å². The second-order valence-corrected chi connectivity index (χ2v) is 3.81. The van der Waals surface area contributed by atoms with Gasteiger partial charge in [-0.2, -0.15) is 0 Å². The zero-order valence-corrected chi connectivity index (χ0v) is 9.81. The van der Waals surface area contributed by atoms with E-state index < -0.39 is 5.97 Å². The molecule has 0 spiro atoms. The van der Waals surface area contributed by atoms with Crippen molar-refractivity contribution in [2.75, 3.05) is 7.11 Å². The van der Waals surface area contributed by atoms with Crippen LogP contribution in [0, 0.1) is 13.8 Å². The quantitative estimate of drug-likeness (QED) is 0.856. The Balaban J connectivity index is 2.78. The molecule has 0 saturated carbocycles. The molecule has 0 aliphatic rings. The fraction of sp³-hybridized carbons (Fsp3) is 0.250. The molecule has 88 valence electrons. The molecule has 2 aromatic rings. The molecule has 0 unspecified atom stereocenters. The number of carbonyl (C=O) groups is 1. The Kier molecular flexibility index (Phi) is 2.67. The second kappa shape index (κ2) is 4.01. The van der Waals surface area contributed by atoms with Gasteiger partial charge in [-0.05, 0) is 37.1 Å². The van der Waals surface area contributed by atoms with Crippen LogP contribution in [0.2, 0.25) is 0 Å². The summed E-state index contributed by atoms with van der Waals surface area (Å²) in [5.74, 6) is -1.11. The molecule has 1 heterocycles. The minimum atomic E-state index is -1.14. The maximum atomic E-state index is 11.0. The van der Waals surface area contributed by atoms with Crippen LogP contribution in [0.25, 0.3) is 11.0 Å². The van der Waals surface area contributed by atoms with Crippen molar-refractivity contribution in [2.24, 2.45) is 0 Å². The molecule has 0 atom stereocenters. The van der Waals surface area contributed by atoms with E-state index in [1.54, 1.807) is 0 Å². The SMILES string of the molecule is COc1nc2cc(C)c(C)cc2nc1C(=O)O. The van der Waals surface area contributed by atoms with Crippen LogP contribution in [0.4, 0.5) is 0 Å². The number of hydrogen-bond donors (Lipinski definition) is 1. The number of aromatic carboxylic acids is 1. The molecule has 0 bridgehead atoms. The van der Waals surface area contributed by atoms with Crippen LogP contribution in [0.1, 0.15) is 21.6 Å². The van der Waals surface area contributed by atoms with Crippen molar-refractivity contribution in [1.82, 2.24) is 9.97 Å². The Morgan fingerprint density at radius 1 is 1.18 bits per heavy atom. The van der Waals surface area contributed by atoms with Gasteiger partial charge in [-0.1, -0.05) is 0 Å². The van der Waals surface area contributed by atoms with E-state index >= 15 is 0 Å². The lowest BCUT2D eigenvalue weighted by Gasteiger charge is -2.07. The van der Waals surface area contributed by atoms with E-state index in [2.05, 4.69) is 9.97 Å². The molecule has 5 heteroatoms. The van der Waals surface area contributed by atoms with Gasteiger partial charge in [0.1, 0.15) is 0 Å². The van der Waals surface area contributed by atoms with Gasteiger partial charge >= 0.3 is 5.97 Å². The third-order valence-electron chi connectivity index (χ3n) is 2.64. The van der Waals surface area contributed by atoms with Crippen molar-refractivity contribution < 1.29 is 14.6 Å². The molecule has 2 rings (SSSR count). The van der Waals surface area contributed by atoms with Crippen molar-refractivity contribution in [2.45, 2.75) is 13.8 Å². The van der Waals surface area contributed by atoms with E-state index in [0.29, 0.717) is 11.0 Å². The summed E-state index contributed by atoms with van der Waals surface area (Å²) in [6, 6.07) is 3.69. The van der Waals surface area contributed by atoms with E-state index in [1.165, 1.54) is 7.11 Å². The van der Waals surface area contributed by atoms with Gasteiger partial charge in [-0.3, -0.25) is 0 Å². The standard InChI is InChI=1S/C12H12N2O3/c1-6-4-8-9(5-7(6)2)14-11(17-3)10(13-8)12(15)16/h4-5H,1-3H3,(H,15,16). The molecular formula is C12H12N2O3. The van der Waals surface area contributed by atoms with Crippen LogP contribution >= 0.6 is 0 Å². The molecule has 0 aliphatic heterocycles.